The second-order valence-electron chi connectivity index (χ2n) is 7.18. The zero-order valence-corrected chi connectivity index (χ0v) is 18.7. The lowest BCUT2D eigenvalue weighted by atomic mass is 10.2. The molecule has 0 radical (unpaired) electrons. The van der Waals surface area contributed by atoms with Crippen molar-refractivity contribution < 1.29 is 27.4 Å². The largest absolute Gasteiger partial charge is 0.497 e. The molecule has 0 atom stereocenters. The molecule has 2 aliphatic heterocycles. The Balaban J connectivity index is 1.31. The molecule has 9 nitrogen and oxygen atoms in total. The Morgan fingerprint density at radius 2 is 1.94 bits per heavy atom. The van der Waals surface area contributed by atoms with Crippen LogP contribution in [0.3, 0.4) is 0 Å². The van der Waals surface area contributed by atoms with Crippen molar-refractivity contribution in [2.75, 3.05) is 25.8 Å². The van der Waals surface area contributed by atoms with E-state index in [1.807, 2.05) is 0 Å². The number of carbonyl (C=O) groups is 1. The van der Waals surface area contributed by atoms with Gasteiger partial charge in [-0.3, -0.25) is 10.1 Å². The van der Waals surface area contributed by atoms with Crippen molar-refractivity contribution in [2.45, 2.75) is 17.9 Å². The van der Waals surface area contributed by atoms with Gasteiger partial charge in [0.05, 0.1) is 24.2 Å². The van der Waals surface area contributed by atoms with E-state index in [1.165, 1.54) is 34.9 Å². The van der Waals surface area contributed by atoms with Crippen molar-refractivity contribution in [1.82, 2.24) is 9.29 Å². The second-order valence-corrected chi connectivity index (χ2v) is 10.2. The fourth-order valence-electron chi connectivity index (χ4n) is 3.53. The molecule has 166 valence electrons. The van der Waals surface area contributed by atoms with Crippen molar-refractivity contribution in [2.24, 2.45) is 0 Å². The number of ether oxygens (including phenoxy) is 3. The monoisotopic (exact) mass is 473 g/mol. The SMILES string of the molecule is COc1ccc(S(=O)(=O)N2CCc3nc(NC(=O)c4ccc5c(c4)OCO5)sc3C2)cc1. The van der Waals surface area contributed by atoms with Gasteiger partial charge in [-0.1, -0.05) is 0 Å². The number of thiazole rings is 1. The minimum atomic E-state index is -3.65. The first-order valence-electron chi connectivity index (χ1n) is 9.78. The molecule has 1 amide bonds. The number of hydrogen-bond acceptors (Lipinski definition) is 8. The number of rotatable bonds is 5. The summed E-state index contributed by atoms with van der Waals surface area (Å²) in [5.41, 5.74) is 1.23. The summed E-state index contributed by atoms with van der Waals surface area (Å²) in [6.07, 6.45) is 0.473. The van der Waals surface area contributed by atoms with Crippen LogP contribution >= 0.6 is 11.3 Å². The average Bonchev–Trinajstić information content (AvgIpc) is 3.44. The van der Waals surface area contributed by atoms with Gasteiger partial charge in [-0.25, -0.2) is 13.4 Å². The van der Waals surface area contributed by atoms with E-state index < -0.39 is 10.0 Å². The summed E-state index contributed by atoms with van der Waals surface area (Å²) in [7, 11) is -2.12. The maximum Gasteiger partial charge on any atom is 0.257 e. The molecule has 3 aromatic rings. The standard InChI is InChI=1S/C21H19N3O6S2/c1-28-14-3-5-15(6-4-14)32(26,27)24-9-8-16-19(11-24)31-21(22-16)23-20(25)13-2-7-17-18(10-13)30-12-29-17/h2-7,10H,8-9,11-12H2,1H3,(H,22,23,25). The van der Waals surface area contributed by atoms with E-state index >= 15 is 0 Å². The lowest BCUT2D eigenvalue weighted by Crippen LogP contribution is -2.35. The minimum absolute atomic E-state index is 0.134. The molecule has 32 heavy (non-hydrogen) atoms. The third-order valence-electron chi connectivity index (χ3n) is 5.25. The van der Waals surface area contributed by atoms with Gasteiger partial charge in [0.25, 0.3) is 5.91 Å². The van der Waals surface area contributed by atoms with Crippen LogP contribution in [0.5, 0.6) is 17.2 Å². The smallest absolute Gasteiger partial charge is 0.257 e. The number of carbonyl (C=O) groups excluding carboxylic acids is 1. The number of methoxy groups -OCH3 is 1. The first-order valence-corrected chi connectivity index (χ1v) is 12.0. The summed E-state index contributed by atoms with van der Waals surface area (Å²) in [4.78, 5) is 18.1. The zero-order chi connectivity index (χ0) is 22.3. The highest BCUT2D eigenvalue weighted by molar-refractivity contribution is 7.89. The molecule has 1 aromatic heterocycles. The first kappa shape index (κ1) is 20.7. The molecule has 0 fully saturated rings. The number of benzene rings is 2. The summed E-state index contributed by atoms with van der Waals surface area (Å²) in [6.45, 7) is 0.664. The summed E-state index contributed by atoms with van der Waals surface area (Å²) in [5.74, 6) is 1.40. The number of anilines is 1. The quantitative estimate of drug-likeness (QED) is 0.607. The molecule has 3 heterocycles. The van der Waals surface area contributed by atoms with Crippen molar-refractivity contribution in [3.05, 3.63) is 58.6 Å². The molecule has 1 N–H and O–H groups in total. The molecular weight excluding hydrogens is 454 g/mol. The van der Waals surface area contributed by atoms with Crippen LogP contribution in [0.1, 0.15) is 20.9 Å². The van der Waals surface area contributed by atoms with Gasteiger partial charge in [0.2, 0.25) is 16.8 Å². The molecule has 2 aliphatic rings. The molecule has 5 rings (SSSR count). The molecule has 0 aliphatic carbocycles. The van der Waals surface area contributed by atoms with Crippen LogP contribution in [-0.2, 0) is 23.0 Å². The number of nitrogens with one attached hydrogen (secondary N) is 1. The Kier molecular flexibility index (Phi) is 5.24. The maximum absolute atomic E-state index is 13.0. The molecule has 0 saturated carbocycles. The molecule has 0 unspecified atom stereocenters. The van der Waals surface area contributed by atoms with Gasteiger partial charge in [-0.05, 0) is 42.5 Å². The summed E-state index contributed by atoms with van der Waals surface area (Å²) in [5, 5.41) is 3.23. The maximum atomic E-state index is 13.0. The third-order valence-corrected chi connectivity index (χ3v) is 8.11. The molecule has 11 heteroatoms. The highest BCUT2D eigenvalue weighted by Crippen LogP contribution is 2.34. The van der Waals surface area contributed by atoms with Crippen LogP contribution in [0.2, 0.25) is 0 Å². The Morgan fingerprint density at radius 3 is 2.72 bits per heavy atom. The fraction of sp³-hybridized carbons (Fsp3) is 0.238. The van der Waals surface area contributed by atoms with Gasteiger partial charge < -0.3 is 14.2 Å². The van der Waals surface area contributed by atoms with E-state index in [4.69, 9.17) is 14.2 Å². The van der Waals surface area contributed by atoms with Crippen molar-refractivity contribution in [1.29, 1.82) is 0 Å². The Labute approximate surface area is 188 Å². The number of hydrogen-bond donors (Lipinski definition) is 1. The van der Waals surface area contributed by atoms with Gasteiger partial charge in [-0.2, -0.15) is 4.31 Å². The summed E-state index contributed by atoms with van der Waals surface area (Å²) in [6, 6.07) is 11.3. The second kappa shape index (κ2) is 8.08. The first-order chi connectivity index (χ1) is 15.4. The van der Waals surface area contributed by atoms with Crippen LogP contribution < -0.4 is 19.5 Å². The van der Waals surface area contributed by atoms with Gasteiger partial charge in [0, 0.05) is 23.4 Å². The van der Waals surface area contributed by atoms with E-state index in [2.05, 4.69) is 10.3 Å². The molecular formula is C21H19N3O6S2. The third kappa shape index (κ3) is 3.78. The van der Waals surface area contributed by atoms with Crippen LogP contribution in [-0.4, -0.2) is 44.1 Å². The fourth-order valence-corrected chi connectivity index (χ4v) is 6.04. The molecule has 2 aromatic carbocycles. The van der Waals surface area contributed by atoms with E-state index in [0.29, 0.717) is 40.9 Å². The summed E-state index contributed by atoms with van der Waals surface area (Å²) < 4.78 is 43.2. The van der Waals surface area contributed by atoms with Crippen molar-refractivity contribution >= 4 is 32.4 Å². The highest BCUT2D eigenvalue weighted by atomic mass is 32.2. The normalized spacial score (nSPS) is 15.3. The van der Waals surface area contributed by atoms with E-state index in [1.54, 1.807) is 30.3 Å². The number of amides is 1. The zero-order valence-electron chi connectivity index (χ0n) is 17.0. The average molecular weight is 474 g/mol. The predicted molar refractivity (Wildman–Crippen MR) is 117 cm³/mol. The van der Waals surface area contributed by atoms with Crippen molar-refractivity contribution in [3.63, 3.8) is 0 Å². The number of aromatic nitrogens is 1. The molecule has 0 spiro atoms. The van der Waals surface area contributed by atoms with Crippen LogP contribution in [0.4, 0.5) is 5.13 Å². The van der Waals surface area contributed by atoms with Gasteiger partial charge in [0.15, 0.2) is 16.6 Å². The Bertz CT molecular complexity index is 1290. The number of fused-ring (bicyclic) bond motifs is 2. The number of sulfonamides is 1. The lowest BCUT2D eigenvalue weighted by Gasteiger charge is -2.25. The Morgan fingerprint density at radius 1 is 1.16 bits per heavy atom. The van der Waals surface area contributed by atoms with Gasteiger partial charge >= 0.3 is 0 Å². The van der Waals surface area contributed by atoms with Crippen LogP contribution in [0, 0.1) is 0 Å². The lowest BCUT2D eigenvalue weighted by molar-refractivity contribution is 0.102. The van der Waals surface area contributed by atoms with Crippen molar-refractivity contribution in [3.8, 4) is 17.2 Å². The minimum Gasteiger partial charge on any atom is -0.497 e. The topological polar surface area (TPSA) is 107 Å². The van der Waals surface area contributed by atoms with Crippen LogP contribution in [0.15, 0.2) is 47.4 Å². The Hall–Kier alpha value is -3.15. The van der Waals surface area contributed by atoms with E-state index in [-0.39, 0.29) is 24.1 Å². The highest BCUT2D eigenvalue weighted by Gasteiger charge is 2.30. The van der Waals surface area contributed by atoms with Crippen LogP contribution in [0.25, 0.3) is 0 Å². The molecule has 0 saturated heterocycles. The predicted octanol–water partition coefficient (Wildman–Crippen LogP) is 2.88. The molecule has 0 bridgehead atoms. The summed E-state index contributed by atoms with van der Waals surface area (Å²) >= 11 is 1.28. The van der Waals surface area contributed by atoms with E-state index in [9.17, 15) is 13.2 Å². The van der Waals surface area contributed by atoms with Gasteiger partial charge in [0.1, 0.15) is 5.75 Å². The number of nitrogens with zero attached hydrogens (tertiary/aromatic N) is 2. The van der Waals surface area contributed by atoms with E-state index in [0.717, 1.165) is 10.6 Å². The van der Waals surface area contributed by atoms with Gasteiger partial charge in [-0.15, -0.1) is 11.3 Å².